The number of nitrogens with one attached hydrogen (secondary N) is 1. The van der Waals surface area contributed by atoms with Crippen molar-refractivity contribution >= 4 is 21.7 Å². The van der Waals surface area contributed by atoms with Crippen LogP contribution in [0.25, 0.3) is 0 Å². The molecule has 0 aliphatic heterocycles. The molecule has 2 rings (SSSR count). The third-order valence-corrected chi connectivity index (χ3v) is 2.99. The molecule has 0 saturated carbocycles. The molecular formula is C14H16BrN3O. The number of hydrogen-bond acceptors (Lipinski definition) is 4. The molecule has 1 N–H and O–H groups in total. The predicted molar refractivity (Wildman–Crippen MR) is 79.8 cm³/mol. The van der Waals surface area contributed by atoms with Gasteiger partial charge in [-0.25, -0.2) is 4.98 Å². The standard InChI is InChI=1S/C14H16BrN3O/c1-3-12-17-13(16-4-2)9-14(18-12)19-11-7-5-10(15)6-8-11/h5-9H,3-4H2,1-2H3,(H,16,17,18). The van der Waals surface area contributed by atoms with Gasteiger partial charge in [-0.3, -0.25) is 0 Å². The van der Waals surface area contributed by atoms with Crippen molar-refractivity contribution in [3.8, 4) is 11.6 Å². The predicted octanol–water partition coefficient (Wildman–Crippen LogP) is 4.03. The number of ether oxygens (including phenoxy) is 1. The van der Waals surface area contributed by atoms with Gasteiger partial charge in [0.05, 0.1) is 0 Å². The van der Waals surface area contributed by atoms with Crippen molar-refractivity contribution in [3.05, 3.63) is 40.6 Å². The minimum atomic E-state index is 0.560. The summed E-state index contributed by atoms with van der Waals surface area (Å²) in [6.07, 6.45) is 0.774. The maximum absolute atomic E-state index is 5.75. The van der Waals surface area contributed by atoms with Gasteiger partial charge >= 0.3 is 0 Å². The second-order valence-electron chi connectivity index (χ2n) is 3.95. The Balaban J connectivity index is 2.23. The zero-order chi connectivity index (χ0) is 13.7. The summed E-state index contributed by atoms with van der Waals surface area (Å²) in [7, 11) is 0. The Kier molecular flexibility index (Phi) is 4.74. The van der Waals surface area contributed by atoms with Gasteiger partial charge in [0.1, 0.15) is 17.4 Å². The Hall–Kier alpha value is -1.62. The van der Waals surface area contributed by atoms with Gasteiger partial charge in [0, 0.05) is 23.5 Å². The van der Waals surface area contributed by atoms with Crippen LogP contribution in [0.3, 0.4) is 0 Å². The zero-order valence-corrected chi connectivity index (χ0v) is 12.6. The number of hydrogen-bond donors (Lipinski definition) is 1. The monoisotopic (exact) mass is 321 g/mol. The minimum absolute atomic E-state index is 0.560. The highest BCUT2D eigenvalue weighted by atomic mass is 79.9. The number of nitrogens with zero attached hydrogens (tertiary/aromatic N) is 2. The van der Waals surface area contributed by atoms with Crippen LogP contribution in [0.2, 0.25) is 0 Å². The normalized spacial score (nSPS) is 10.3. The first kappa shape index (κ1) is 13.8. The van der Waals surface area contributed by atoms with E-state index in [1.54, 1.807) is 0 Å². The molecule has 0 atom stereocenters. The van der Waals surface area contributed by atoms with Gasteiger partial charge in [0.15, 0.2) is 0 Å². The van der Waals surface area contributed by atoms with Crippen LogP contribution in [0.1, 0.15) is 19.7 Å². The molecule has 0 radical (unpaired) electrons. The lowest BCUT2D eigenvalue weighted by atomic mass is 10.3. The third-order valence-electron chi connectivity index (χ3n) is 2.46. The van der Waals surface area contributed by atoms with Gasteiger partial charge in [-0.05, 0) is 31.2 Å². The van der Waals surface area contributed by atoms with Crippen molar-refractivity contribution < 1.29 is 4.74 Å². The van der Waals surface area contributed by atoms with E-state index in [1.807, 2.05) is 44.2 Å². The molecule has 19 heavy (non-hydrogen) atoms. The van der Waals surface area contributed by atoms with Crippen molar-refractivity contribution in [3.63, 3.8) is 0 Å². The van der Waals surface area contributed by atoms with E-state index in [2.05, 4.69) is 31.2 Å². The van der Waals surface area contributed by atoms with E-state index >= 15 is 0 Å². The molecule has 100 valence electrons. The number of anilines is 1. The summed E-state index contributed by atoms with van der Waals surface area (Å²) in [5.74, 6) is 2.88. The molecular weight excluding hydrogens is 306 g/mol. The molecule has 0 aliphatic carbocycles. The quantitative estimate of drug-likeness (QED) is 0.903. The average molecular weight is 322 g/mol. The first-order chi connectivity index (χ1) is 9.21. The van der Waals surface area contributed by atoms with Crippen LogP contribution >= 0.6 is 15.9 Å². The summed E-state index contributed by atoms with van der Waals surface area (Å²) >= 11 is 3.39. The second kappa shape index (κ2) is 6.52. The molecule has 1 heterocycles. The van der Waals surface area contributed by atoms with Crippen molar-refractivity contribution in [2.75, 3.05) is 11.9 Å². The molecule has 2 aromatic rings. The molecule has 0 amide bonds. The topological polar surface area (TPSA) is 47.0 Å². The van der Waals surface area contributed by atoms with Crippen LogP contribution in [0, 0.1) is 0 Å². The number of halogens is 1. The van der Waals surface area contributed by atoms with E-state index in [0.29, 0.717) is 5.88 Å². The largest absolute Gasteiger partial charge is 0.439 e. The molecule has 5 heteroatoms. The van der Waals surface area contributed by atoms with Crippen LogP contribution in [0.5, 0.6) is 11.6 Å². The Morgan fingerprint density at radius 1 is 1.16 bits per heavy atom. The summed E-state index contributed by atoms with van der Waals surface area (Å²) in [4.78, 5) is 8.75. The van der Waals surface area contributed by atoms with Crippen molar-refractivity contribution in [2.45, 2.75) is 20.3 Å². The van der Waals surface area contributed by atoms with Crippen molar-refractivity contribution in [1.29, 1.82) is 0 Å². The fourth-order valence-corrected chi connectivity index (χ4v) is 1.84. The van der Waals surface area contributed by atoms with Gasteiger partial charge in [0.25, 0.3) is 0 Å². The van der Waals surface area contributed by atoms with Crippen LogP contribution in [0.15, 0.2) is 34.8 Å². The maximum atomic E-state index is 5.75. The van der Waals surface area contributed by atoms with E-state index in [9.17, 15) is 0 Å². The fourth-order valence-electron chi connectivity index (χ4n) is 1.58. The van der Waals surface area contributed by atoms with E-state index in [0.717, 1.165) is 34.8 Å². The maximum Gasteiger partial charge on any atom is 0.224 e. The SMILES string of the molecule is CCNc1cc(Oc2ccc(Br)cc2)nc(CC)n1. The molecule has 0 spiro atoms. The third kappa shape index (κ3) is 3.92. The number of aromatic nitrogens is 2. The molecule has 0 bridgehead atoms. The Morgan fingerprint density at radius 2 is 1.89 bits per heavy atom. The Labute approximate surface area is 121 Å². The summed E-state index contributed by atoms with van der Waals surface area (Å²) in [6.45, 7) is 4.87. The molecule has 0 unspecified atom stereocenters. The van der Waals surface area contributed by atoms with Crippen molar-refractivity contribution in [2.24, 2.45) is 0 Å². The van der Waals surface area contributed by atoms with Crippen LogP contribution in [-0.2, 0) is 6.42 Å². The van der Waals surface area contributed by atoms with E-state index in [4.69, 9.17) is 4.74 Å². The summed E-state index contributed by atoms with van der Waals surface area (Å²) < 4.78 is 6.77. The van der Waals surface area contributed by atoms with Crippen molar-refractivity contribution in [1.82, 2.24) is 9.97 Å². The van der Waals surface area contributed by atoms with Crippen LogP contribution in [0.4, 0.5) is 5.82 Å². The highest BCUT2D eigenvalue weighted by molar-refractivity contribution is 9.10. The number of benzene rings is 1. The van der Waals surface area contributed by atoms with Gasteiger partial charge in [0.2, 0.25) is 5.88 Å². The van der Waals surface area contributed by atoms with E-state index in [-0.39, 0.29) is 0 Å². The lowest BCUT2D eigenvalue weighted by Gasteiger charge is -2.09. The second-order valence-corrected chi connectivity index (χ2v) is 4.86. The fraction of sp³-hybridized carbons (Fsp3) is 0.286. The molecule has 0 aliphatic rings. The summed E-state index contributed by atoms with van der Waals surface area (Å²) in [6, 6.07) is 9.46. The van der Waals surface area contributed by atoms with Gasteiger partial charge < -0.3 is 10.1 Å². The Morgan fingerprint density at radius 3 is 2.53 bits per heavy atom. The first-order valence-corrected chi connectivity index (χ1v) is 7.05. The molecule has 1 aromatic carbocycles. The lowest BCUT2D eigenvalue weighted by molar-refractivity contribution is 0.459. The Bertz CT molecular complexity index is 543. The average Bonchev–Trinajstić information content (AvgIpc) is 2.41. The highest BCUT2D eigenvalue weighted by Gasteiger charge is 2.05. The van der Waals surface area contributed by atoms with Crippen LogP contribution in [-0.4, -0.2) is 16.5 Å². The van der Waals surface area contributed by atoms with Gasteiger partial charge in [-0.2, -0.15) is 4.98 Å². The molecule has 0 saturated heterocycles. The highest BCUT2D eigenvalue weighted by Crippen LogP contribution is 2.23. The smallest absolute Gasteiger partial charge is 0.224 e. The number of rotatable bonds is 5. The summed E-state index contributed by atoms with van der Waals surface area (Å²) in [5.41, 5.74) is 0. The van der Waals surface area contributed by atoms with Gasteiger partial charge in [-0.1, -0.05) is 22.9 Å². The summed E-state index contributed by atoms with van der Waals surface area (Å²) in [5, 5.41) is 3.18. The molecule has 4 nitrogen and oxygen atoms in total. The van der Waals surface area contributed by atoms with Gasteiger partial charge in [-0.15, -0.1) is 0 Å². The molecule has 0 fully saturated rings. The minimum Gasteiger partial charge on any atom is -0.439 e. The van der Waals surface area contributed by atoms with E-state index in [1.165, 1.54) is 0 Å². The number of aryl methyl sites for hydroxylation is 1. The first-order valence-electron chi connectivity index (χ1n) is 6.26. The molecule has 1 aromatic heterocycles. The van der Waals surface area contributed by atoms with E-state index < -0.39 is 0 Å². The lowest BCUT2D eigenvalue weighted by Crippen LogP contribution is -2.04. The van der Waals surface area contributed by atoms with Crippen LogP contribution < -0.4 is 10.1 Å². The zero-order valence-electron chi connectivity index (χ0n) is 11.0.